The molecule has 2 aliphatic heterocycles. The molecule has 10 heteroatoms. The molecule has 3 atom stereocenters. The van der Waals surface area contributed by atoms with Crippen molar-refractivity contribution in [1.82, 2.24) is 25.1 Å². The minimum Gasteiger partial charge on any atom is -0.392 e. The minimum absolute atomic E-state index is 0.00333. The lowest BCUT2D eigenvalue weighted by Gasteiger charge is -2.40. The van der Waals surface area contributed by atoms with Gasteiger partial charge in [0.2, 0.25) is 0 Å². The van der Waals surface area contributed by atoms with Crippen molar-refractivity contribution in [3.8, 4) is 11.1 Å². The standard InChI is InChI=1S/C45H47N5O5/c51-30-32-13-15-35(16-14-32)42-26-39(29-49-23-21-38(22-24-49)50-41-12-5-4-11-40(41)48-45(50)53)54-43(55-42)36-19-17-34(18-20-36)37-10-6-9-33(25-37)28-47-44(52)46-27-31-7-2-1-3-8-31/h1-20,25,38-39,42-43,51H,21-24,26-30H2,(H,48,53)(H2,46,47,52). The number of hydrogen-bond donors (Lipinski definition) is 4. The Balaban J connectivity index is 0.922. The van der Waals surface area contributed by atoms with E-state index < -0.39 is 6.29 Å². The van der Waals surface area contributed by atoms with Gasteiger partial charge in [0.1, 0.15) is 0 Å². The topological polar surface area (TPSA) is 121 Å². The summed E-state index contributed by atoms with van der Waals surface area (Å²) in [7, 11) is 0. The largest absolute Gasteiger partial charge is 0.392 e. The molecule has 10 nitrogen and oxygen atoms in total. The van der Waals surface area contributed by atoms with Crippen LogP contribution in [0.25, 0.3) is 22.2 Å². The maximum atomic E-state index is 12.9. The van der Waals surface area contributed by atoms with E-state index in [1.807, 2.05) is 95.6 Å². The van der Waals surface area contributed by atoms with Gasteiger partial charge < -0.3 is 35.1 Å². The van der Waals surface area contributed by atoms with Crippen molar-refractivity contribution in [2.45, 2.75) is 63.5 Å². The first-order valence-electron chi connectivity index (χ1n) is 19.2. The van der Waals surface area contributed by atoms with Gasteiger partial charge >= 0.3 is 11.7 Å². The molecule has 3 unspecified atom stereocenters. The van der Waals surface area contributed by atoms with Gasteiger partial charge in [0.25, 0.3) is 0 Å². The van der Waals surface area contributed by atoms with E-state index in [-0.39, 0.29) is 36.6 Å². The van der Waals surface area contributed by atoms with Crippen LogP contribution in [0.4, 0.5) is 4.79 Å². The number of benzene rings is 5. The molecule has 0 radical (unpaired) electrons. The van der Waals surface area contributed by atoms with Crippen molar-refractivity contribution in [1.29, 1.82) is 0 Å². The summed E-state index contributed by atoms with van der Waals surface area (Å²) in [6, 6.07) is 42.2. The zero-order chi connectivity index (χ0) is 37.6. The summed E-state index contributed by atoms with van der Waals surface area (Å²) in [4.78, 5) is 30.8. The lowest BCUT2D eigenvalue weighted by molar-refractivity contribution is -0.253. The molecule has 0 saturated carbocycles. The zero-order valence-electron chi connectivity index (χ0n) is 30.8. The van der Waals surface area contributed by atoms with E-state index in [2.05, 4.69) is 56.9 Å². The van der Waals surface area contributed by atoms with Crippen molar-refractivity contribution < 1.29 is 19.4 Å². The SMILES string of the molecule is O=C(NCc1ccccc1)NCc1cccc(-c2ccc(C3OC(CN4CCC(n5c(=O)[nH]c6ccccc65)CC4)CC(c4ccc(CO)cc4)O3)cc2)c1. The van der Waals surface area contributed by atoms with Crippen molar-refractivity contribution in [3.05, 3.63) is 166 Å². The fourth-order valence-electron chi connectivity index (χ4n) is 7.83. The first-order valence-corrected chi connectivity index (χ1v) is 19.2. The number of H-pyrrole nitrogens is 1. The first-order chi connectivity index (χ1) is 27.0. The number of fused-ring (bicyclic) bond motifs is 1. The number of carbonyl (C=O) groups is 1. The minimum atomic E-state index is -0.553. The summed E-state index contributed by atoms with van der Waals surface area (Å²) in [5, 5.41) is 15.5. The van der Waals surface area contributed by atoms with E-state index >= 15 is 0 Å². The number of ether oxygens (including phenoxy) is 2. The predicted octanol–water partition coefficient (Wildman–Crippen LogP) is 7.37. The maximum absolute atomic E-state index is 12.9. The highest BCUT2D eigenvalue weighted by Gasteiger charge is 2.34. The van der Waals surface area contributed by atoms with Crippen LogP contribution in [0.1, 0.15) is 65.5 Å². The number of piperidine rings is 1. The summed E-state index contributed by atoms with van der Waals surface area (Å²) in [6.07, 6.45) is 1.69. The molecule has 0 aliphatic carbocycles. The van der Waals surface area contributed by atoms with E-state index in [9.17, 15) is 14.7 Å². The average molecular weight is 738 g/mol. The smallest absolute Gasteiger partial charge is 0.326 e. The Hall–Kier alpha value is -5.52. The van der Waals surface area contributed by atoms with Crippen LogP contribution in [-0.2, 0) is 29.2 Å². The van der Waals surface area contributed by atoms with Gasteiger partial charge in [-0.15, -0.1) is 0 Å². The number of nitrogens with zero attached hydrogens (tertiary/aromatic N) is 2. The molecule has 282 valence electrons. The summed E-state index contributed by atoms with van der Waals surface area (Å²) in [6.45, 7) is 3.40. The van der Waals surface area contributed by atoms with Gasteiger partial charge in [-0.2, -0.15) is 0 Å². The van der Waals surface area contributed by atoms with Crippen LogP contribution in [0.2, 0.25) is 0 Å². The number of nitrogens with one attached hydrogen (secondary N) is 3. The molecule has 55 heavy (non-hydrogen) atoms. The molecule has 4 N–H and O–H groups in total. The van der Waals surface area contributed by atoms with E-state index in [1.165, 1.54) is 0 Å². The van der Waals surface area contributed by atoms with Crippen LogP contribution >= 0.6 is 0 Å². The number of para-hydroxylation sites is 2. The normalized spacial score (nSPS) is 19.3. The number of amides is 2. The van der Waals surface area contributed by atoms with E-state index in [0.29, 0.717) is 19.5 Å². The zero-order valence-corrected chi connectivity index (χ0v) is 30.8. The molecule has 5 aromatic carbocycles. The second-order valence-electron chi connectivity index (χ2n) is 14.5. The summed E-state index contributed by atoms with van der Waals surface area (Å²) in [5.74, 6) is 0. The fraction of sp³-hybridized carbons (Fsp3) is 0.289. The molecular weight excluding hydrogens is 691 g/mol. The van der Waals surface area contributed by atoms with Crippen LogP contribution in [-0.4, -0.2) is 51.3 Å². The number of imidazole rings is 1. The monoisotopic (exact) mass is 737 g/mol. The van der Waals surface area contributed by atoms with Crippen molar-refractivity contribution in [3.63, 3.8) is 0 Å². The quantitative estimate of drug-likeness (QED) is 0.110. The van der Waals surface area contributed by atoms with E-state index in [1.54, 1.807) is 0 Å². The number of aliphatic hydroxyl groups excluding tert-OH is 1. The lowest BCUT2D eigenvalue weighted by atomic mass is 9.98. The molecule has 6 aromatic rings. The van der Waals surface area contributed by atoms with Gasteiger partial charge in [0.15, 0.2) is 6.29 Å². The van der Waals surface area contributed by atoms with Crippen LogP contribution in [0.15, 0.2) is 132 Å². The number of carbonyl (C=O) groups excluding carboxylic acids is 1. The number of likely N-dealkylation sites (tertiary alicyclic amines) is 1. The molecule has 2 amide bonds. The van der Waals surface area contributed by atoms with Crippen LogP contribution in [0.5, 0.6) is 0 Å². The Morgan fingerprint density at radius 3 is 2.18 bits per heavy atom. The van der Waals surface area contributed by atoms with Crippen LogP contribution in [0, 0.1) is 0 Å². The van der Waals surface area contributed by atoms with Gasteiger partial charge in [-0.05, 0) is 64.4 Å². The molecule has 0 bridgehead atoms. The molecule has 2 aliphatic rings. The van der Waals surface area contributed by atoms with Crippen molar-refractivity contribution in [2.75, 3.05) is 19.6 Å². The van der Waals surface area contributed by atoms with Gasteiger partial charge in [-0.1, -0.05) is 109 Å². The third kappa shape index (κ3) is 8.74. The van der Waals surface area contributed by atoms with Gasteiger partial charge in [-0.3, -0.25) is 4.57 Å². The van der Waals surface area contributed by atoms with Gasteiger partial charge in [0, 0.05) is 50.7 Å². The highest BCUT2D eigenvalue weighted by atomic mass is 16.7. The molecule has 0 spiro atoms. The van der Waals surface area contributed by atoms with E-state index in [4.69, 9.17) is 9.47 Å². The number of aromatic amines is 1. The molecule has 3 heterocycles. The van der Waals surface area contributed by atoms with Crippen LogP contribution < -0.4 is 16.3 Å². The van der Waals surface area contributed by atoms with Gasteiger partial charge in [-0.25, -0.2) is 9.59 Å². The predicted molar refractivity (Wildman–Crippen MR) is 213 cm³/mol. The average Bonchev–Trinajstić information content (AvgIpc) is 3.58. The lowest BCUT2D eigenvalue weighted by Crippen LogP contribution is -2.43. The third-order valence-electron chi connectivity index (χ3n) is 10.8. The number of urea groups is 1. The Bertz CT molecular complexity index is 2240. The maximum Gasteiger partial charge on any atom is 0.326 e. The summed E-state index contributed by atoms with van der Waals surface area (Å²) < 4.78 is 15.3. The van der Waals surface area contributed by atoms with Gasteiger partial charge in [0.05, 0.1) is 29.8 Å². The highest BCUT2D eigenvalue weighted by Crippen LogP contribution is 2.39. The molecular formula is C45H47N5O5. The second-order valence-corrected chi connectivity index (χ2v) is 14.5. The van der Waals surface area contributed by atoms with Crippen molar-refractivity contribution in [2.24, 2.45) is 0 Å². The van der Waals surface area contributed by atoms with E-state index in [0.717, 1.165) is 82.5 Å². The third-order valence-corrected chi connectivity index (χ3v) is 10.8. The Labute approximate surface area is 320 Å². The Morgan fingerprint density at radius 2 is 1.42 bits per heavy atom. The Morgan fingerprint density at radius 1 is 0.727 bits per heavy atom. The van der Waals surface area contributed by atoms with Crippen LogP contribution in [0.3, 0.4) is 0 Å². The summed E-state index contributed by atoms with van der Waals surface area (Å²) in [5.41, 5.74) is 8.83. The van der Waals surface area contributed by atoms with Crippen molar-refractivity contribution >= 4 is 17.1 Å². The number of aliphatic hydroxyl groups is 1. The summed E-state index contributed by atoms with van der Waals surface area (Å²) >= 11 is 0. The molecule has 2 fully saturated rings. The fourth-order valence-corrected chi connectivity index (χ4v) is 7.83. The molecule has 2 saturated heterocycles. The molecule has 8 rings (SSSR count). The Kier molecular flexibility index (Phi) is 11.2. The highest BCUT2D eigenvalue weighted by molar-refractivity contribution is 5.75. The first kappa shape index (κ1) is 36.5. The second kappa shape index (κ2) is 16.9. The number of hydrogen-bond acceptors (Lipinski definition) is 6. The number of rotatable bonds is 11. The molecule has 1 aromatic heterocycles. The number of aromatic nitrogens is 2.